The third kappa shape index (κ3) is 5.77. The fourth-order valence-corrected chi connectivity index (χ4v) is 4.43. The van der Waals surface area contributed by atoms with Crippen LogP contribution in [0.25, 0.3) is 0 Å². The highest BCUT2D eigenvalue weighted by Crippen LogP contribution is 2.26. The van der Waals surface area contributed by atoms with Crippen LogP contribution in [0.4, 0.5) is 26.2 Å². The molecule has 0 bridgehead atoms. The third-order valence-electron chi connectivity index (χ3n) is 6.55. The SMILES string of the molecule is Cc1cc(Nc2cc(N3CCN(C)CC3)nc(OC3CCN(C(=O)c4c(F)ccnc4F)CC3)n2)n[nH]1. The zero-order chi connectivity index (χ0) is 25.9. The Bertz CT molecular complexity index is 1230. The summed E-state index contributed by atoms with van der Waals surface area (Å²) in [6.07, 6.45) is 1.68. The van der Waals surface area contributed by atoms with Crippen LogP contribution in [0.1, 0.15) is 28.9 Å². The number of nitrogens with one attached hydrogen (secondary N) is 2. The molecule has 2 saturated heterocycles. The molecule has 0 spiro atoms. The molecule has 2 aliphatic rings. The van der Waals surface area contributed by atoms with Gasteiger partial charge in [0, 0.05) is 76.1 Å². The van der Waals surface area contributed by atoms with E-state index in [1.807, 2.05) is 19.1 Å². The van der Waals surface area contributed by atoms with E-state index in [0.29, 0.717) is 24.5 Å². The minimum absolute atomic E-state index is 0.223. The third-order valence-corrected chi connectivity index (χ3v) is 6.55. The van der Waals surface area contributed by atoms with Crippen LogP contribution in [0, 0.1) is 18.7 Å². The molecule has 37 heavy (non-hydrogen) atoms. The van der Waals surface area contributed by atoms with E-state index >= 15 is 0 Å². The molecule has 13 heteroatoms. The van der Waals surface area contributed by atoms with Gasteiger partial charge in [0.15, 0.2) is 5.82 Å². The number of aromatic nitrogens is 5. The molecule has 3 aromatic heterocycles. The molecule has 0 radical (unpaired) electrons. The first-order valence-corrected chi connectivity index (χ1v) is 12.2. The number of piperidine rings is 1. The number of amides is 1. The largest absolute Gasteiger partial charge is 0.460 e. The molecule has 0 unspecified atom stereocenters. The number of anilines is 3. The van der Waals surface area contributed by atoms with Crippen molar-refractivity contribution >= 4 is 23.4 Å². The number of hydrogen-bond acceptors (Lipinski definition) is 9. The summed E-state index contributed by atoms with van der Waals surface area (Å²) in [7, 11) is 2.09. The fraction of sp³-hybridized carbons (Fsp3) is 0.458. The number of likely N-dealkylation sites (N-methyl/N-ethyl adjacent to an activating group) is 1. The molecule has 5 rings (SSSR count). The number of hydrogen-bond donors (Lipinski definition) is 2. The number of ether oxygens (including phenoxy) is 1. The summed E-state index contributed by atoms with van der Waals surface area (Å²) in [5, 5.41) is 10.3. The fourth-order valence-electron chi connectivity index (χ4n) is 4.43. The van der Waals surface area contributed by atoms with Gasteiger partial charge < -0.3 is 24.8 Å². The van der Waals surface area contributed by atoms with Gasteiger partial charge in [-0.15, -0.1) is 0 Å². The molecule has 0 aliphatic carbocycles. The van der Waals surface area contributed by atoms with Gasteiger partial charge in [-0.25, -0.2) is 9.37 Å². The number of halogens is 2. The van der Waals surface area contributed by atoms with Crippen molar-refractivity contribution in [3.63, 3.8) is 0 Å². The summed E-state index contributed by atoms with van der Waals surface area (Å²) < 4.78 is 34.2. The molecule has 5 heterocycles. The number of nitrogens with zero attached hydrogens (tertiary/aromatic N) is 7. The smallest absolute Gasteiger partial charge is 0.320 e. The summed E-state index contributed by atoms with van der Waals surface area (Å²) in [4.78, 5) is 31.2. The quantitative estimate of drug-likeness (QED) is 0.479. The van der Waals surface area contributed by atoms with Crippen LogP contribution < -0.4 is 15.0 Å². The molecule has 2 aliphatic heterocycles. The predicted octanol–water partition coefficient (Wildman–Crippen LogP) is 2.36. The van der Waals surface area contributed by atoms with Gasteiger partial charge in [0.2, 0.25) is 5.95 Å². The molecule has 11 nitrogen and oxygen atoms in total. The van der Waals surface area contributed by atoms with E-state index in [4.69, 9.17) is 4.74 Å². The van der Waals surface area contributed by atoms with Gasteiger partial charge in [0.25, 0.3) is 5.91 Å². The van der Waals surface area contributed by atoms with E-state index in [-0.39, 0.29) is 25.2 Å². The second kappa shape index (κ2) is 10.6. The van der Waals surface area contributed by atoms with Crippen LogP contribution in [0.15, 0.2) is 24.4 Å². The molecule has 2 N–H and O–H groups in total. The van der Waals surface area contributed by atoms with Crippen molar-refractivity contribution in [1.29, 1.82) is 0 Å². The van der Waals surface area contributed by atoms with Crippen molar-refractivity contribution in [3.8, 4) is 6.01 Å². The Morgan fingerprint density at radius 2 is 1.84 bits per heavy atom. The number of likely N-dealkylation sites (tertiary alicyclic amines) is 1. The highest BCUT2D eigenvalue weighted by Gasteiger charge is 2.29. The molecular weight excluding hydrogens is 484 g/mol. The molecule has 0 saturated carbocycles. The molecule has 3 aromatic rings. The first-order chi connectivity index (χ1) is 17.9. The van der Waals surface area contributed by atoms with Crippen molar-refractivity contribution in [1.82, 2.24) is 34.9 Å². The van der Waals surface area contributed by atoms with Crippen molar-refractivity contribution in [3.05, 3.63) is 47.4 Å². The highest BCUT2D eigenvalue weighted by atomic mass is 19.1. The van der Waals surface area contributed by atoms with E-state index in [9.17, 15) is 13.6 Å². The number of piperazine rings is 1. The maximum atomic E-state index is 14.0. The molecule has 0 atom stereocenters. The number of pyridine rings is 1. The van der Waals surface area contributed by atoms with E-state index in [0.717, 1.165) is 50.0 Å². The average molecular weight is 514 g/mol. The molecular formula is C24H29F2N9O2. The monoisotopic (exact) mass is 513 g/mol. The van der Waals surface area contributed by atoms with Gasteiger partial charge in [0.05, 0.1) is 0 Å². The second-order valence-electron chi connectivity index (χ2n) is 9.31. The Kier molecular flexibility index (Phi) is 7.12. The van der Waals surface area contributed by atoms with Gasteiger partial charge in [-0.3, -0.25) is 9.89 Å². The maximum Gasteiger partial charge on any atom is 0.320 e. The highest BCUT2D eigenvalue weighted by molar-refractivity contribution is 5.94. The molecule has 0 aromatic carbocycles. The van der Waals surface area contributed by atoms with Crippen LogP contribution in [0.5, 0.6) is 6.01 Å². The van der Waals surface area contributed by atoms with Gasteiger partial charge in [-0.1, -0.05) is 0 Å². The summed E-state index contributed by atoms with van der Waals surface area (Å²) in [5.74, 6) is -0.797. The Balaban J connectivity index is 1.28. The van der Waals surface area contributed by atoms with Crippen molar-refractivity contribution in [2.24, 2.45) is 0 Å². The van der Waals surface area contributed by atoms with Crippen LogP contribution >= 0.6 is 0 Å². The number of carbonyl (C=O) groups excluding carboxylic acids is 1. The van der Waals surface area contributed by atoms with Gasteiger partial charge in [-0.05, 0) is 20.0 Å². The van der Waals surface area contributed by atoms with Gasteiger partial charge >= 0.3 is 6.01 Å². The number of rotatable bonds is 6. The summed E-state index contributed by atoms with van der Waals surface area (Å²) in [6.45, 7) is 5.99. The van der Waals surface area contributed by atoms with Crippen LogP contribution in [0.2, 0.25) is 0 Å². The molecule has 1 amide bonds. The lowest BCUT2D eigenvalue weighted by Gasteiger charge is -2.34. The summed E-state index contributed by atoms with van der Waals surface area (Å²) in [5.41, 5.74) is 0.286. The van der Waals surface area contributed by atoms with Gasteiger partial charge in [-0.2, -0.15) is 19.5 Å². The number of carbonyl (C=O) groups is 1. The lowest BCUT2D eigenvalue weighted by Crippen LogP contribution is -2.45. The average Bonchev–Trinajstić information content (AvgIpc) is 3.29. The normalized spacial score (nSPS) is 17.2. The zero-order valence-corrected chi connectivity index (χ0v) is 20.7. The Hall–Kier alpha value is -3.87. The first kappa shape index (κ1) is 24.8. The Labute approximate surface area is 212 Å². The summed E-state index contributed by atoms with van der Waals surface area (Å²) >= 11 is 0. The van der Waals surface area contributed by atoms with Gasteiger partial charge in [0.1, 0.15) is 29.1 Å². The van der Waals surface area contributed by atoms with E-state index in [2.05, 4.69) is 47.3 Å². The lowest BCUT2D eigenvalue weighted by molar-refractivity contribution is 0.0570. The molecule has 196 valence electrons. The number of aryl methyl sites for hydroxylation is 1. The van der Waals surface area contributed by atoms with Crippen LogP contribution in [-0.4, -0.2) is 93.3 Å². The molecule has 2 fully saturated rings. The van der Waals surface area contributed by atoms with Crippen molar-refractivity contribution in [2.45, 2.75) is 25.9 Å². The van der Waals surface area contributed by atoms with Crippen LogP contribution in [-0.2, 0) is 0 Å². The van der Waals surface area contributed by atoms with Crippen molar-refractivity contribution in [2.75, 3.05) is 56.5 Å². The zero-order valence-electron chi connectivity index (χ0n) is 20.7. The topological polar surface area (TPSA) is 115 Å². The standard InChI is InChI=1S/C24H29F2N9O2/c1-15-13-19(32-31-15)28-18-14-20(34-11-9-33(2)10-12-34)30-24(29-18)37-16-4-7-35(8-5-16)23(36)21-17(25)3-6-27-22(21)26/h3,6,13-14,16H,4-5,7-12H2,1-2H3,(H2,28,29,30,31,32). The summed E-state index contributed by atoms with van der Waals surface area (Å²) in [6, 6.07) is 4.95. The number of aromatic amines is 1. The van der Waals surface area contributed by atoms with E-state index in [1.165, 1.54) is 4.90 Å². The Morgan fingerprint density at radius 3 is 2.51 bits per heavy atom. The lowest BCUT2D eigenvalue weighted by atomic mass is 10.1. The van der Waals surface area contributed by atoms with Crippen molar-refractivity contribution < 1.29 is 18.3 Å². The second-order valence-corrected chi connectivity index (χ2v) is 9.31. The predicted molar refractivity (Wildman–Crippen MR) is 132 cm³/mol. The van der Waals surface area contributed by atoms with E-state index in [1.54, 1.807) is 0 Å². The van der Waals surface area contributed by atoms with Crippen LogP contribution in [0.3, 0.4) is 0 Å². The van der Waals surface area contributed by atoms with E-state index < -0.39 is 23.2 Å². The minimum atomic E-state index is -1.11. The first-order valence-electron chi connectivity index (χ1n) is 12.2. The minimum Gasteiger partial charge on any atom is -0.460 e. The number of H-pyrrole nitrogens is 1. The Morgan fingerprint density at radius 1 is 1.08 bits per heavy atom. The maximum absolute atomic E-state index is 14.0.